The lowest BCUT2D eigenvalue weighted by atomic mass is 10.1. The van der Waals surface area contributed by atoms with Gasteiger partial charge in [-0.1, -0.05) is 24.3 Å². The van der Waals surface area contributed by atoms with Crippen molar-refractivity contribution < 1.29 is 0 Å². The van der Waals surface area contributed by atoms with Crippen molar-refractivity contribution in [3.05, 3.63) is 64.7 Å². The fraction of sp³-hybridized carbons (Fsp3) is 0.188. The summed E-state index contributed by atoms with van der Waals surface area (Å²) < 4.78 is 0. The van der Waals surface area contributed by atoms with Crippen LogP contribution in [0.3, 0.4) is 0 Å². The van der Waals surface area contributed by atoms with E-state index in [-0.39, 0.29) is 0 Å². The first kappa shape index (κ1) is 12.2. The highest BCUT2D eigenvalue weighted by molar-refractivity contribution is 5.49. The fourth-order valence-corrected chi connectivity index (χ4v) is 1.83. The zero-order valence-electron chi connectivity index (χ0n) is 10.7. The van der Waals surface area contributed by atoms with Crippen molar-refractivity contribution in [3.63, 3.8) is 0 Å². The van der Waals surface area contributed by atoms with Crippen LogP contribution in [0.25, 0.3) is 0 Å². The second-order valence-electron chi connectivity index (χ2n) is 4.42. The van der Waals surface area contributed by atoms with Crippen molar-refractivity contribution in [2.75, 3.05) is 5.32 Å². The summed E-state index contributed by atoms with van der Waals surface area (Å²) in [6, 6.07) is 16.2. The molecule has 0 heterocycles. The Bertz CT molecular complexity index is 594. The number of anilines is 1. The van der Waals surface area contributed by atoms with E-state index in [1.54, 1.807) is 0 Å². The highest BCUT2D eigenvalue weighted by Gasteiger charge is 2.01. The molecule has 2 heteroatoms. The van der Waals surface area contributed by atoms with Crippen LogP contribution in [0.2, 0.25) is 0 Å². The molecule has 1 N–H and O–H groups in total. The van der Waals surface area contributed by atoms with E-state index in [1.807, 2.05) is 24.3 Å². The average molecular weight is 236 g/mol. The molecule has 0 bridgehead atoms. The Hall–Kier alpha value is -2.27. The Balaban J connectivity index is 2.12. The number of hydrogen-bond acceptors (Lipinski definition) is 2. The molecule has 0 amide bonds. The molecule has 2 aromatic carbocycles. The van der Waals surface area contributed by atoms with Crippen molar-refractivity contribution in [1.29, 1.82) is 5.26 Å². The van der Waals surface area contributed by atoms with Crippen molar-refractivity contribution in [2.45, 2.75) is 20.4 Å². The SMILES string of the molecule is Cc1ccc(NCc2ccccc2C#N)cc1C. The molecule has 2 aromatic rings. The predicted molar refractivity (Wildman–Crippen MR) is 74.4 cm³/mol. The first-order chi connectivity index (χ1) is 8.70. The lowest BCUT2D eigenvalue weighted by Gasteiger charge is -2.09. The molecule has 0 aromatic heterocycles. The molecule has 2 rings (SSSR count). The van der Waals surface area contributed by atoms with E-state index in [4.69, 9.17) is 5.26 Å². The Morgan fingerprint density at radius 1 is 1.06 bits per heavy atom. The van der Waals surface area contributed by atoms with Crippen LogP contribution in [-0.2, 0) is 6.54 Å². The lowest BCUT2D eigenvalue weighted by Crippen LogP contribution is -2.01. The van der Waals surface area contributed by atoms with Gasteiger partial charge in [-0.25, -0.2) is 0 Å². The fourth-order valence-electron chi connectivity index (χ4n) is 1.83. The molecule has 0 aliphatic rings. The zero-order valence-corrected chi connectivity index (χ0v) is 10.7. The third-order valence-corrected chi connectivity index (χ3v) is 3.13. The van der Waals surface area contributed by atoms with Crippen molar-refractivity contribution >= 4 is 5.69 Å². The summed E-state index contributed by atoms with van der Waals surface area (Å²) in [5.74, 6) is 0. The number of hydrogen-bond donors (Lipinski definition) is 1. The molecule has 0 unspecified atom stereocenters. The predicted octanol–water partition coefficient (Wildman–Crippen LogP) is 3.79. The molecule has 0 fully saturated rings. The molecule has 90 valence electrons. The normalized spacial score (nSPS) is 9.83. The van der Waals surface area contributed by atoms with Gasteiger partial charge in [0.2, 0.25) is 0 Å². The van der Waals surface area contributed by atoms with Gasteiger partial charge in [0.15, 0.2) is 0 Å². The Labute approximate surface area is 108 Å². The maximum Gasteiger partial charge on any atom is 0.0995 e. The number of nitriles is 1. The molecular weight excluding hydrogens is 220 g/mol. The quantitative estimate of drug-likeness (QED) is 0.880. The molecule has 0 radical (unpaired) electrons. The summed E-state index contributed by atoms with van der Waals surface area (Å²) in [7, 11) is 0. The Kier molecular flexibility index (Phi) is 3.64. The van der Waals surface area contributed by atoms with Crippen molar-refractivity contribution in [2.24, 2.45) is 0 Å². The summed E-state index contributed by atoms with van der Waals surface area (Å²) >= 11 is 0. The third-order valence-electron chi connectivity index (χ3n) is 3.13. The van der Waals surface area contributed by atoms with Crippen molar-refractivity contribution in [1.82, 2.24) is 0 Å². The maximum absolute atomic E-state index is 9.02. The molecule has 0 saturated carbocycles. The first-order valence-corrected chi connectivity index (χ1v) is 6.00. The van der Waals surface area contributed by atoms with Gasteiger partial charge in [-0.15, -0.1) is 0 Å². The minimum absolute atomic E-state index is 0.673. The van der Waals surface area contributed by atoms with Gasteiger partial charge in [0.05, 0.1) is 11.6 Å². The lowest BCUT2D eigenvalue weighted by molar-refractivity contribution is 1.13. The molecular formula is C16H16N2. The largest absolute Gasteiger partial charge is 0.381 e. The minimum atomic E-state index is 0.673. The second kappa shape index (κ2) is 5.37. The Morgan fingerprint density at radius 2 is 1.83 bits per heavy atom. The van der Waals surface area contributed by atoms with E-state index < -0.39 is 0 Å². The standard InChI is InChI=1S/C16H16N2/c1-12-7-8-16(9-13(12)2)18-11-15-6-4-3-5-14(15)10-17/h3-9,18H,11H2,1-2H3. The summed E-state index contributed by atoms with van der Waals surface area (Å²) in [6.07, 6.45) is 0. The van der Waals surface area contributed by atoms with E-state index >= 15 is 0 Å². The van der Waals surface area contributed by atoms with Gasteiger partial charge in [-0.3, -0.25) is 0 Å². The van der Waals surface area contributed by atoms with E-state index in [9.17, 15) is 0 Å². The van der Waals surface area contributed by atoms with E-state index in [0.717, 1.165) is 16.8 Å². The van der Waals surface area contributed by atoms with Crippen molar-refractivity contribution in [3.8, 4) is 6.07 Å². The number of rotatable bonds is 3. The van der Waals surface area contributed by atoms with Crippen LogP contribution < -0.4 is 5.32 Å². The number of aryl methyl sites for hydroxylation is 2. The van der Waals surface area contributed by atoms with Crippen LogP contribution in [0.15, 0.2) is 42.5 Å². The molecule has 0 saturated heterocycles. The summed E-state index contributed by atoms with van der Waals surface area (Å²) in [5, 5.41) is 12.4. The van der Waals surface area contributed by atoms with E-state index in [2.05, 4.69) is 43.4 Å². The molecule has 2 nitrogen and oxygen atoms in total. The van der Waals surface area contributed by atoms with E-state index in [1.165, 1.54) is 11.1 Å². The minimum Gasteiger partial charge on any atom is -0.381 e. The maximum atomic E-state index is 9.02. The molecule has 18 heavy (non-hydrogen) atoms. The molecule has 0 aliphatic carbocycles. The van der Waals surface area contributed by atoms with Crippen LogP contribution in [0, 0.1) is 25.2 Å². The molecule has 0 atom stereocenters. The number of benzene rings is 2. The smallest absolute Gasteiger partial charge is 0.0995 e. The number of nitrogens with one attached hydrogen (secondary N) is 1. The second-order valence-corrected chi connectivity index (χ2v) is 4.42. The van der Waals surface area contributed by atoms with Gasteiger partial charge in [0.1, 0.15) is 0 Å². The summed E-state index contributed by atoms with van der Waals surface area (Å²) in [6.45, 7) is 4.88. The van der Waals surface area contributed by atoms with Crippen LogP contribution >= 0.6 is 0 Å². The first-order valence-electron chi connectivity index (χ1n) is 6.00. The average Bonchev–Trinajstić information content (AvgIpc) is 2.40. The molecule has 0 aliphatic heterocycles. The van der Waals surface area contributed by atoms with Gasteiger partial charge in [0, 0.05) is 12.2 Å². The monoisotopic (exact) mass is 236 g/mol. The Morgan fingerprint density at radius 3 is 2.56 bits per heavy atom. The van der Waals surface area contributed by atoms with Gasteiger partial charge in [0.25, 0.3) is 0 Å². The van der Waals surface area contributed by atoms with Gasteiger partial charge >= 0.3 is 0 Å². The van der Waals surface area contributed by atoms with Crippen LogP contribution in [-0.4, -0.2) is 0 Å². The van der Waals surface area contributed by atoms with Gasteiger partial charge in [-0.2, -0.15) is 5.26 Å². The summed E-state index contributed by atoms with van der Waals surface area (Å²) in [5.41, 5.74) is 5.41. The van der Waals surface area contributed by atoms with Gasteiger partial charge in [-0.05, 0) is 48.7 Å². The topological polar surface area (TPSA) is 35.8 Å². The van der Waals surface area contributed by atoms with Crippen LogP contribution in [0.1, 0.15) is 22.3 Å². The highest BCUT2D eigenvalue weighted by Crippen LogP contribution is 2.16. The molecule has 0 spiro atoms. The summed E-state index contributed by atoms with van der Waals surface area (Å²) in [4.78, 5) is 0. The van der Waals surface area contributed by atoms with E-state index in [0.29, 0.717) is 6.54 Å². The van der Waals surface area contributed by atoms with Crippen LogP contribution in [0.5, 0.6) is 0 Å². The highest BCUT2D eigenvalue weighted by atomic mass is 14.9. The van der Waals surface area contributed by atoms with Crippen LogP contribution in [0.4, 0.5) is 5.69 Å². The number of nitrogens with zero attached hydrogens (tertiary/aromatic N) is 1. The zero-order chi connectivity index (χ0) is 13.0. The van der Waals surface area contributed by atoms with Gasteiger partial charge < -0.3 is 5.32 Å². The third kappa shape index (κ3) is 2.70.